The van der Waals surface area contributed by atoms with Crippen molar-refractivity contribution in [2.75, 3.05) is 26.3 Å². The van der Waals surface area contributed by atoms with Gasteiger partial charge in [-0.05, 0) is 13.8 Å². The fourth-order valence-corrected chi connectivity index (χ4v) is 1.58. The molecule has 76 valence electrons. The molecule has 4 nitrogen and oxygen atoms in total. The predicted octanol–water partition coefficient (Wildman–Crippen LogP) is -0.0274. The van der Waals surface area contributed by atoms with Crippen molar-refractivity contribution in [3.05, 3.63) is 0 Å². The summed E-state index contributed by atoms with van der Waals surface area (Å²) in [5, 5.41) is 0. The van der Waals surface area contributed by atoms with Crippen molar-refractivity contribution in [3.8, 4) is 0 Å². The Balaban J connectivity index is 2.59. The van der Waals surface area contributed by atoms with Gasteiger partial charge in [0.2, 0.25) is 5.91 Å². The van der Waals surface area contributed by atoms with Crippen LogP contribution in [-0.4, -0.2) is 42.6 Å². The first kappa shape index (κ1) is 10.5. The Morgan fingerprint density at radius 2 is 2.31 bits per heavy atom. The molecule has 0 atom stereocenters. The highest BCUT2D eigenvalue weighted by atomic mass is 16.5. The largest absolute Gasteiger partial charge is 0.377 e. The van der Waals surface area contributed by atoms with E-state index in [-0.39, 0.29) is 11.4 Å². The molecule has 1 aliphatic rings. The Bertz CT molecular complexity index is 192. The molecular weight excluding hydrogens is 168 g/mol. The molecule has 0 spiro atoms. The number of nitrogens with two attached hydrogens (primary N) is 1. The molecule has 0 aromatic carbocycles. The van der Waals surface area contributed by atoms with E-state index in [2.05, 4.69) is 0 Å². The van der Waals surface area contributed by atoms with Crippen LogP contribution < -0.4 is 5.73 Å². The van der Waals surface area contributed by atoms with Crippen molar-refractivity contribution in [2.24, 2.45) is 5.73 Å². The molecule has 0 radical (unpaired) electrons. The van der Waals surface area contributed by atoms with Gasteiger partial charge in [0.15, 0.2) is 0 Å². The van der Waals surface area contributed by atoms with Gasteiger partial charge in [0, 0.05) is 19.5 Å². The molecule has 1 aliphatic heterocycles. The molecule has 1 saturated heterocycles. The first-order valence-electron chi connectivity index (χ1n) is 4.66. The number of amides is 1. The first-order chi connectivity index (χ1) is 6.08. The molecule has 0 aromatic rings. The van der Waals surface area contributed by atoms with Gasteiger partial charge in [-0.3, -0.25) is 4.79 Å². The maximum absolute atomic E-state index is 11.6. The van der Waals surface area contributed by atoms with E-state index < -0.39 is 0 Å². The molecule has 1 amide bonds. The fourth-order valence-electron chi connectivity index (χ4n) is 1.58. The Morgan fingerprint density at radius 1 is 1.62 bits per heavy atom. The molecule has 0 aromatic heterocycles. The van der Waals surface area contributed by atoms with Crippen LogP contribution >= 0.6 is 0 Å². The van der Waals surface area contributed by atoms with E-state index in [0.29, 0.717) is 32.7 Å². The third kappa shape index (κ3) is 2.42. The van der Waals surface area contributed by atoms with Gasteiger partial charge in [0.1, 0.15) is 0 Å². The van der Waals surface area contributed by atoms with Gasteiger partial charge in [-0.15, -0.1) is 0 Å². The molecule has 1 rings (SSSR count). The Hall–Kier alpha value is -0.610. The number of carbonyl (C=O) groups excluding carboxylic acids is 1. The summed E-state index contributed by atoms with van der Waals surface area (Å²) < 4.78 is 5.32. The van der Waals surface area contributed by atoms with E-state index in [9.17, 15) is 4.79 Å². The van der Waals surface area contributed by atoms with Crippen molar-refractivity contribution < 1.29 is 9.53 Å². The molecule has 13 heavy (non-hydrogen) atoms. The van der Waals surface area contributed by atoms with E-state index in [1.165, 1.54) is 0 Å². The van der Waals surface area contributed by atoms with Crippen LogP contribution in [0.2, 0.25) is 0 Å². The smallest absolute Gasteiger partial charge is 0.224 e. The first-order valence-corrected chi connectivity index (χ1v) is 4.66. The molecule has 0 bridgehead atoms. The van der Waals surface area contributed by atoms with Crippen LogP contribution in [0.25, 0.3) is 0 Å². The zero-order valence-corrected chi connectivity index (χ0v) is 8.38. The topological polar surface area (TPSA) is 55.6 Å². The van der Waals surface area contributed by atoms with Crippen LogP contribution in [0.5, 0.6) is 0 Å². The van der Waals surface area contributed by atoms with Crippen molar-refractivity contribution in [3.63, 3.8) is 0 Å². The van der Waals surface area contributed by atoms with Crippen LogP contribution in [0, 0.1) is 0 Å². The summed E-state index contributed by atoms with van der Waals surface area (Å²) in [6.45, 7) is 6.39. The van der Waals surface area contributed by atoms with Gasteiger partial charge in [0.25, 0.3) is 0 Å². The number of hydrogen-bond donors (Lipinski definition) is 1. The van der Waals surface area contributed by atoms with E-state index in [1.54, 1.807) is 0 Å². The average molecular weight is 186 g/mol. The normalized spacial score (nSPS) is 21.6. The van der Waals surface area contributed by atoms with Gasteiger partial charge in [0.05, 0.1) is 18.8 Å². The summed E-state index contributed by atoms with van der Waals surface area (Å²) in [7, 11) is 0. The minimum Gasteiger partial charge on any atom is -0.377 e. The highest BCUT2D eigenvalue weighted by Gasteiger charge is 2.33. The van der Waals surface area contributed by atoms with Crippen molar-refractivity contribution in [2.45, 2.75) is 25.8 Å². The lowest BCUT2D eigenvalue weighted by Crippen LogP contribution is -2.55. The third-order valence-corrected chi connectivity index (χ3v) is 2.30. The van der Waals surface area contributed by atoms with Gasteiger partial charge in [-0.25, -0.2) is 0 Å². The zero-order chi connectivity index (χ0) is 9.90. The maximum Gasteiger partial charge on any atom is 0.224 e. The molecule has 4 heteroatoms. The standard InChI is InChI=1S/C9H18N2O2/c1-9(2)7-13-6-5-11(9)8(12)3-4-10/h3-7,10H2,1-2H3. The summed E-state index contributed by atoms with van der Waals surface area (Å²) in [6.07, 6.45) is 0.434. The number of ether oxygens (including phenoxy) is 1. The number of hydrogen-bond acceptors (Lipinski definition) is 3. The lowest BCUT2D eigenvalue weighted by molar-refractivity contribution is -0.146. The number of rotatable bonds is 2. The Labute approximate surface area is 79.0 Å². The van der Waals surface area contributed by atoms with Gasteiger partial charge in [-0.2, -0.15) is 0 Å². The zero-order valence-electron chi connectivity index (χ0n) is 8.38. The molecule has 2 N–H and O–H groups in total. The van der Waals surface area contributed by atoms with Crippen molar-refractivity contribution >= 4 is 5.91 Å². The summed E-state index contributed by atoms with van der Waals surface area (Å²) in [5.41, 5.74) is 5.17. The minimum absolute atomic E-state index is 0.135. The van der Waals surface area contributed by atoms with Crippen LogP contribution in [0.4, 0.5) is 0 Å². The summed E-state index contributed by atoms with van der Waals surface area (Å²) in [5.74, 6) is 0.135. The van der Waals surface area contributed by atoms with Gasteiger partial charge >= 0.3 is 0 Å². The Kier molecular flexibility index (Phi) is 3.27. The molecule has 1 heterocycles. The molecule has 0 unspecified atom stereocenters. The number of carbonyl (C=O) groups is 1. The number of nitrogens with zero attached hydrogens (tertiary/aromatic N) is 1. The SMILES string of the molecule is CC1(C)COCCN1C(=O)CCN. The molecular formula is C9H18N2O2. The van der Waals surface area contributed by atoms with E-state index >= 15 is 0 Å². The van der Waals surface area contributed by atoms with Gasteiger partial charge < -0.3 is 15.4 Å². The third-order valence-electron chi connectivity index (χ3n) is 2.30. The van der Waals surface area contributed by atoms with Crippen molar-refractivity contribution in [1.82, 2.24) is 4.90 Å². The second-order valence-electron chi connectivity index (χ2n) is 3.95. The molecule has 1 fully saturated rings. The predicted molar refractivity (Wildman–Crippen MR) is 50.3 cm³/mol. The van der Waals surface area contributed by atoms with Crippen LogP contribution in [0.15, 0.2) is 0 Å². The monoisotopic (exact) mass is 186 g/mol. The van der Waals surface area contributed by atoms with Gasteiger partial charge in [-0.1, -0.05) is 0 Å². The highest BCUT2D eigenvalue weighted by Crippen LogP contribution is 2.19. The Morgan fingerprint density at radius 3 is 2.85 bits per heavy atom. The lowest BCUT2D eigenvalue weighted by atomic mass is 10.0. The van der Waals surface area contributed by atoms with E-state index in [0.717, 1.165) is 0 Å². The molecule has 0 aliphatic carbocycles. The van der Waals surface area contributed by atoms with Crippen molar-refractivity contribution in [1.29, 1.82) is 0 Å². The fraction of sp³-hybridized carbons (Fsp3) is 0.889. The second kappa shape index (κ2) is 4.07. The average Bonchev–Trinajstić information content (AvgIpc) is 2.03. The minimum atomic E-state index is -0.176. The highest BCUT2D eigenvalue weighted by molar-refractivity contribution is 5.77. The quantitative estimate of drug-likeness (QED) is 0.659. The number of morpholine rings is 1. The van der Waals surface area contributed by atoms with Crippen LogP contribution in [0.3, 0.4) is 0 Å². The second-order valence-corrected chi connectivity index (χ2v) is 3.95. The van der Waals surface area contributed by atoms with E-state index in [1.807, 2.05) is 18.7 Å². The summed E-state index contributed by atoms with van der Waals surface area (Å²) in [6, 6.07) is 0. The lowest BCUT2D eigenvalue weighted by Gasteiger charge is -2.42. The van der Waals surface area contributed by atoms with E-state index in [4.69, 9.17) is 10.5 Å². The van der Waals surface area contributed by atoms with Crippen LogP contribution in [0.1, 0.15) is 20.3 Å². The summed E-state index contributed by atoms with van der Waals surface area (Å²) in [4.78, 5) is 13.5. The van der Waals surface area contributed by atoms with Crippen LogP contribution in [-0.2, 0) is 9.53 Å². The molecule has 0 saturated carbocycles. The summed E-state index contributed by atoms with van der Waals surface area (Å²) >= 11 is 0. The maximum atomic E-state index is 11.6.